The highest BCUT2D eigenvalue weighted by Crippen LogP contribution is 2.26. The smallest absolute Gasteiger partial charge is 0.290 e. The van der Waals surface area contributed by atoms with Crippen LogP contribution < -0.4 is 0 Å². The standard InChI is InChI=1S/C15H18N2O3/c1-11-5-6-14(20-11)15(18)17-8-9-19-10-13(17)12-4-3-7-16(12)2/h3-7,13H,8-10H2,1-2H3/t13-/m1/s1. The minimum absolute atomic E-state index is 0.0679. The van der Waals surface area contributed by atoms with Gasteiger partial charge in [-0.3, -0.25) is 4.79 Å². The monoisotopic (exact) mass is 274 g/mol. The predicted octanol–water partition coefficient (Wildman–Crippen LogP) is 2.14. The van der Waals surface area contributed by atoms with Crippen molar-refractivity contribution < 1.29 is 13.9 Å². The average molecular weight is 274 g/mol. The van der Waals surface area contributed by atoms with Crippen LogP contribution in [0, 0.1) is 6.92 Å². The lowest BCUT2D eigenvalue weighted by molar-refractivity contribution is -0.00621. The molecule has 1 amide bonds. The van der Waals surface area contributed by atoms with E-state index in [1.165, 1.54) is 0 Å². The van der Waals surface area contributed by atoms with Crippen LogP contribution in [-0.4, -0.2) is 35.1 Å². The molecule has 106 valence electrons. The second-order valence-electron chi connectivity index (χ2n) is 5.04. The van der Waals surface area contributed by atoms with Gasteiger partial charge in [0.05, 0.1) is 19.3 Å². The van der Waals surface area contributed by atoms with E-state index in [0.29, 0.717) is 25.5 Å². The van der Waals surface area contributed by atoms with Crippen molar-refractivity contribution in [2.45, 2.75) is 13.0 Å². The van der Waals surface area contributed by atoms with E-state index in [1.807, 2.05) is 47.8 Å². The lowest BCUT2D eigenvalue weighted by Crippen LogP contribution is -2.43. The Labute approximate surface area is 117 Å². The molecule has 3 heterocycles. The SMILES string of the molecule is Cc1ccc(C(=O)N2CCOC[C@@H]2c2cccn2C)o1. The molecule has 0 aromatic carbocycles. The first-order valence-electron chi connectivity index (χ1n) is 6.73. The Morgan fingerprint density at radius 1 is 1.35 bits per heavy atom. The van der Waals surface area contributed by atoms with Crippen molar-refractivity contribution in [3.8, 4) is 0 Å². The van der Waals surface area contributed by atoms with Gasteiger partial charge in [-0.1, -0.05) is 0 Å². The van der Waals surface area contributed by atoms with E-state index in [1.54, 1.807) is 6.07 Å². The number of carbonyl (C=O) groups excluding carboxylic acids is 1. The number of hydrogen-bond acceptors (Lipinski definition) is 3. The Morgan fingerprint density at radius 2 is 2.20 bits per heavy atom. The fraction of sp³-hybridized carbons (Fsp3) is 0.400. The first kappa shape index (κ1) is 13.0. The van der Waals surface area contributed by atoms with Crippen LogP contribution in [0.3, 0.4) is 0 Å². The van der Waals surface area contributed by atoms with Gasteiger partial charge in [-0.2, -0.15) is 0 Å². The molecule has 0 spiro atoms. The molecule has 0 saturated carbocycles. The minimum atomic E-state index is -0.0763. The number of carbonyl (C=O) groups is 1. The minimum Gasteiger partial charge on any atom is -0.456 e. The Kier molecular flexibility index (Phi) is 3.36. The third kappa shape index (κ3) is 2.25. The summed E-state index contributed by atoms with van der Waals surface area (Å²) in [6.07, 6.45) is 1.98. The molecule has 1 aliphatic rings. The van der Waals surface area contributed by atoms with E-state index in [4.69, 9.17) is 9.15 Å². The Balaban J connectivity index is 1.89. The number of furan rings is 1. The van der Waals surface area contributed by atoms with Crippen LogP contribution in [0.25, 0.3) is 0 Å². The van der Waals surface area contributed by atoms with Crippen molar-refractivity contribution in [1.29, 1.82) is 0 Å². The second-order valence-corrected chi connectivity index (χ2v) is 5.04. The highest BCUT2D eigenvalue weighted by atomic mass is 16.5. The second kappa shape index (κ2) is 5.17. The summed E-state index contributed by atoms with van der Waals surface area (Å²) < 4.78 is 13.0. The van der Waals surface area contributed by atoms with Crippen molar-refractivity contribution in [2.75, 3.05) is 19.8 Å². The maximum atomic E-state index is 12.6. The average Bonchev–Trinajstić information content (AvgIpc) is 3.07. The maximum absolute atomic E-state index is 12.6. The number of aromatic nitrogens is 1. The van der Waals surface area contributed by atoms with Gasteiger partial charge < -0.3 is 18.6 Å². The maximum Gasteiger partial charge on any atom is 0.290 e. The highest BCUT2D eigenvalue weighted by molar-refractivity contribution is 5.91. The molecular weight excluding hydrogens is 256 g/mol. The molecule has 0 aliphatic carbocycles. The predicted molar refractivity (Wildman–Crippen MR) is 73.5 cm³/mol. The Bertz CT molecular complexity index is 614. The molecule has 2 aromatic heterocycles. The van der Waals surface area contributed by atoms with Crippen LogP contribution in [0.4, 0.5) is 0 Å². The molecule has 0 bridgehead atoms. The number of aryl methyl sites for hydroxylation is 2. The van der Waals surface area contributed by atoms with Gasteiger partial charge in [0.1, 0.15) is 5.76 Å². The van der Waals surface area contributed by atoms with Crippen LogP contribution in [0.1, 0.15) is 28.1 Å². The van der Waals surface area contributed by atoms with Crippen molar-refractivity contribution in [2.24, 2.45) is 7.05 Å². The zero-order chi connectivity index (χ0) is 14.1. The van der Waals surface area contributed by atoms with E-state index in [9.17, 15) is 4.79 Å². The molecule has 0 N–H and O–H groups in total. The van der Waals surface area contributed by atoms with Gasteiger partial charge in [0, 0.05) is 25.5 Å². The van der Waals surface area contributed by atoms with Gasteiger partial charge in [-0.15, -0.1) is 0 Å². The summed E-state index contributed by atoms with van der Waals surface area (Å²) in [6, 6.07) is 7.47. The number of ether oxygens (including phenoxy) is 1. The topological polar surface area (TPSA) is 47.6 Å². The van der Waals surface area contributed by atoms with Crippen LogP contribution in [-0.2, 0) is 11.8 Å². The third-order valence-electron chi connectivity index (χ3n) is 3.67. The fourth-order valence-corrected chi connectivity index (χ4v) is 2.60. The molecule has 5 heteroatoms. The summed E-state index contributed by atoms with van der Waals surface area (Å²) in [6.45, 7) is 3.49. The zero-order valence-electron chi connectivity index (χ0n) is 11.7. The molecule has 0 radical (unpaired) electrons. The summed E-state index contributed by atoms with van der Waals surface area (Å²) in [5.74, 6) is 1.06. The van der Waals surface area contributed by atoms with Crippen molar-refractivity contribution in [1.82, 2.24) is 9.47 Å². The molecule has 20 heavy (non-hydrogen) atoms. The summed E-state index contributed by atoms with van der Waals surface area (Å²) in [5.41, 5.74) is 1.07. The largest absolute Gasteiger partial charge is 0.456 e. The van der Waals surface area contributed by atoms with Gasteiger partial charge in [-0.05, 0) is 31.2 Å². The van der Waals surface area contributed by atoms with Gasteiger partial charge in [0.15, 0.2) is 5.76 Å². The van der Waals surface area contributed by atoms with Crippen LogP contribution in [0.15, 0.2) is 34.9 Å². The number of morpholine rings is 1. The van der Waals surface area contributed by atoms with Gasteiger partial charge in [-0.25, -0.2) is 0 Å². The molecule has 2 aromatic rings. The summed E-state index contributed by atoms with van der Waals surface area (Å²) >= 11 is 0. The number of rotatable bonds is 2. The number of nitrogens with zero attached hydrogens (tertiary/aromatic N) is 2. The van der Waals surface area contributed by atoms with Crippen LogP contribution in [0.2, 0.25) is 0 Å². The summed E-state index contributed by atoms with van der Waals surface area (Å²) in [4.78, 5) is 14.4. The quantitative estimate of drug-likeness (QED) is 0.843. The molecule has 1 saturated heterocycles. The summed E-state index contributed by atoms with van der Waals surface area (Å²) in [7, 11) is 1.98. The molecule has 0 unspecified atom stereocenters. The zero-order valence-corrected chi connectivity index (χ0v) is 11.7. The molecule has 1 aliphatic heterocycles. The number of hydrogen-bond donors (Lipinski definition) is 0. The lowest BCUT2D eigenvalue weighted by atomic mass is 10.1. The Hall–Kier alpha value is -2.01. The van der Waals surface area contributed by atoms with Gasteiger partial charge >= 0.3 is 0 Å². The van der Waals surface area contributed by atoms with Crippen molar-refractivity contribution >= 4 is 5.91 Å². The molecule has 3 rings (SSSR count). The van der Waals surface area contributed by atoms with Gasteiger partial charge in [0.2, 0.25) is 0 Å². The summed E-state index contributed by atoms with van der Waals surface area (Å²) in [5, 5.41) is 0. The normalized spacial score (nSPS) is 19.3. The highest BCUT2D eigenvalue weighted by Gasteiger charge is 2.31. The molecule has 1 atom stereocenters. The first-order valence-corrected chi connectivity index (χ1v) is 6.73. The van der Waals surface area contributed by atoms with Crippen molar-refractivity contribution in [3.05, 3.63) is 47.7 Å². The van der Waals surface area contributed by atoms with E-state index in [-0.39, 0.29) is 11.9 Å². The van der Waals surface area contributed by atoms with Crippen LogP contribution in [0.5, 0.6) is 0 Å². The van der Waals surface area contributed by atoms with E-state index >= 15 is 0 Å². The Morgan fingerprint density at radius 3 is 2.85 bits per heavy atom. The van der Waals surface area contributed by atoms with E-state index in [0.717, 1.165) is 11.5 Å². The third-order valence-corrected chi connectivity index (χ3v) is 3.67. The molecule has 5 nitrogen and oxygen atoms in total. The fourth-order valence-electron chi connectivity index (χ4n) is 2.60. The van der Waals surface area contributed by atoms with E-state index < -0.39 is 0 Å². The first-order chi connectivity index (χ1) is 9.66. The van der Waals surface area contributed by atoms with Crippen molar-refractivity contribution in [3.63, 3.8) is 0 Å². The number of amides is 1. The molecule has 1 fully saturated rings. The van der Waals surface area contributed by atoms with Gasteiger partial charge in [0.25, 0.3) is 5.91 Å². The van der Waals surface area contributed by atoms with E-state index in [2.05, 4.69) is 0 Å². The lowest BCUT2D eigenvalue weighted by Gasteiger charge is -2.35. The molecular formula is C15H18N2O3. The van der Waals surface area contributed by atoms with Crippen LogP contribution >= 0.6 is 0 Å².